The van der Waals surface area contributed by atoms with Gasteiger partial charge in [0.1, 0.15) is 6.54 Å². The van der Waals surface area contributed by atoms with Crippen molar-refractivity contribution in [2.45, 2.75) is 64.3 Å². The maximum absolute atomic E-state index is 12.1. The summed E-state index contributed by atoms with van der Waals surface area (Å²) in [6.07, 6.45) is 10.6. The largest absolute Gasteiger partial charge is 0.357 e. The standard InChI is InChI=1S/C18H32N4O.HI/c1-2-19-18(20-13-17(23)22-10-6-7-11-22)21-16-12-15(16)14-8-4-3-5-9-14;/h14-16H,2-13H2,1H3,(H2,19,20,21);1H. The number of rotatable bonds is 5. The van der Waals surface area contributed by atoms with Gasteiger partial charge in [-0.3, -0.25) is 4.79 Å². The van der Waals surface area contributed by atoms with Crippen LogP contribution in [0.2, 0.25) is 0 Å². The highest BCUT2D eigenvalue weighted by Crippen LogP contribution is 2.44. The Bertz CT molecular complexity index is 431. The molecule has 0 spiro atoms. The quantitative estimate of drug-likeness (QED) is 0.387. The van der Waals surface area contributed by atoms with Crippen molar-refractivity contribution in [3.63, 3.8) is 0 Å². The molecule has 3 aliphatic rings. The van der Waals surface area contributed by atoms with E-state index in [1.807, 2.05) is 4.90 Å². The number of halogens is 1. The molecule has 2 saturated carbocycles. The zero-order chi connectivity index (χ0) is 16.1. The maximum atomic E-state index is 12.1. The summed E-state index contributed by atoms with van der Waals surface area (Å²) in [6.45, 7) is 5.00. The molecule has 1 amide bonds. The van der Waals surface area contributed by atoms with Crippen molar-refractivity contribution >= 4 is 35.8 Å². The summed E-state index contributed by atoms with van der Waals surface area (Å²) in [6, 6.07) is 0.567. The van der Waals surface area contributed by atoms with Gasteiger partial charge in [0.05, 0.1) is 0 Å². The topological polar surface area (TPSA) is 56.7 Å². The number of nitrogens with one attached hydrogen (secondary N) is 2. The molecule has 5 nitrogen and oxygen atoms in total. The van der Waals surface area contributed by atoms with E-state index in [9.17, 15) is 4.79 Å². The van der Waals surface area contributed by atoms with Crippen molar-refractivity contribution in [3.8, 4) is 0 Å². The van der Waals surface area contributed by atoms with Gasteiger partial charge in [-0.15, -0.1) is 24.0 Å². The Balaban J connectivity index is 0.00000208. The molecular weight excluding hydrogens is 415 g/mol. The number of guanidine groups is 1. The van der Waals surface area contributed by atoms with Crippen molar-refractivity contribution in [3.05, 3.63) is 0 Å². The third-order valence-electron chi connectivity index (χ3n) is 5.59. The molecular formula is C18H33IN4O. The highest BCUT2D eigenvalue weighted by molar-refractivity contribution is 14.0. The fraction of sp³-hybridized carbons (Fsp3) is 0.889. The lowest BCUT2D eigenvalue weighted by atomic mass is 9.85. The van der Waals surface area contributed by atoms with Crippen LogP contribution >= 0.6 is 24.0 Å². The molecule has 0 aromatic rings. The monoisotopic (exact) mass is 448 g/mol. The number of carbonyl (C=O) groups excluding carboxylic acids is 1. The Hall–Kier alpha value is -0.530. The smallest absolute Gasteiger partial charge is 0.244 e. The Labute approximate surface area is 163 Å². The van der Waals surface area contributed by atoms with E-state index in [1.54, 1.807) is 0 Å². The predicted octanol–water partition coefficient (Wildman–Crippen LogP) is 2.75. The van der Waals surface area contributed by atoms with Crippen LogP contribution in [0, 0.1) is 11.8 Å². The molecule has 6 heteroatoms. The molecule has 2 atom stereocenters. The molecule has 2 unspecified atom stereocenters. The summed E-state index contributed by atoms with van der Waals surface area (Å²) in [5, 5.41) is 6.84. The molecule has 2 N–H and O–H groups in total. The lowest BCUT2D eigenvalue weighted by molar-refractivity contribution is -0.128. The van der Waals surface area contributed by atoms with Crippen LogP contribution in [-0.2, 0) is 4.79 Å². The minimum atomic E-state index is 0. The van der Waals surface area contributed by atoms with Gasteiger partial charge < -0.3 is 15.5 Å². The van der Waals surface area contributed by atoms with Crippen LogP contribution in [-0.4, -0.2) is 49.0 Å². The van der Waals surface area contributed by atoms with E-state index >= 15 is 0 Å². The van der Waals surface area contributed by atoms with Crippen LogP contribution in [0.1, 0.15) is 58.3 Å². The summed E-state index contributed by atoms with van der Waals surface area (Å²) in [5.41, 5.74) is 0. The van der Waals surface area contributed by atoms with Crippen LogP contribution in [0.5, 0.6) is 0 Å². The molecule has 1 aliphatic heterocycles. The second-order valence-corrected chi connectivity index (χ2v) is 7.33. The highest BCUT2D eigenvalue weighted by atomic mass is 127. The third-order valence-corrected chi connectivity index (χ3v) is 5.59. The Kier molecular flexibility index (Phi) is 8.10. The van der Waals surface area contributed by atoms with Gasteiger partial charge in [-0.25, -0.2) is 4.99 Å². The molecule has 0 aromatic heterocycles. The average Bonchev–Trinajstić information content (AvgIpc) is 3.12. The van der Waals surface area contributed by atoms with Gasteiger partial charge >= 0.3 is 0 Å². The van der Waals surface area contributed by atoms with E-state index in [4.69, 9.17) is 0 Å². The van der Waals surface area contributed by atoms with Gasteiger partial charge in [-0.2, -0.15) is 0 Å². The van der Waals surface area contributed by atoms with Gasteiger partial charge in [-0.1, -0.05) is 32.1 Å². The van der Waals surface area contributed by atoms with Crippen molar-refractivity contribution in [2.24, 2.45) is 16.8 Å². The second-order valence-electron chi connectivity index (χ2n) is 7.33. The molecule has 138 valence electrons. The molecule has 24 heavy (non-hydrogen) atoms. The maximum Gasteiger partial charge on any atom is 0.244 e. The first kappa shape index (κ1) is 19.8. The van der Waals surface area contributed by atoms with Crippen LogP contribution in [0.15, 0.2) is 4.99 Å². The molecule has 3 rings (SSSR count). The molecule has 0 radical (unpaired) electrons. The zero-order valence-corrected chi connectivity index (χ0v) is 17.3. The number of carbonyl (C=O) groups is 1. The van der Waals surface area contributed by atoms with E-state index in [0.29, 0.717) is 6.04 Å². The normalized spacial score (nSPS) is 27.5. The minimum Gasteiger partial charge on any atom is -0.357 e. The number of amides is 1. The number of hydrogen-bond acceptors (Lipinski definition) is 2. The Morgan fingerprint density at radius 3 is 2.50 bits per heavy atom. The first-order valence-corrected chi connectivity index (χ1v) is 9.60. The van der Waals surface area contributed by atoms with Crippen molar-refractivity contribution in [2.75, 3.05) is 26.2 Å². The fourth-order valence-corrected chi connectivity index (χ4v) is 4.17. The summed E-state index contributed by atoms with van der Waals surface area (Å²) < 4.78 is 0. The van der Waals surface area contributed by atoms with Crippen LogP contribution < -0.4 is 10.6 Å². The molecule has 1 heterocycles. The van der Waals surface area contributed by atoms with E-state index in [-0.39, 0.29) is 36.4 Å². The molecule has 1 saturated heterocycles. The summed E-state index contributed by atoms with van der Waals surface area (Å²) in [7, 11) is 0. The first-order valence-electron chi connectivity index (χ1n) is 9.60. The number of nitrogens with zero attached hydrogens (tertiary/aromatic N) is 2. The Morgan fingerprint density at radius 1 is 1.12 bits per heavy atom. The van der Waals surface area contributed by atoms with E-state index in [2.05, 4.69) is 22.5 Å². The SMILES string of the molecule is CCNC(=NCC(=O)N1CCCC1)NC1CC1C1CCCCC1.I. The van der Waals surface area contributed by atoms with Crippen molar-refractivity contribution in [1.82, 2.24) is 15.5 Å². The van der Waals surface area contributed by atoms with Crippen LogP contribution in [0.3, 0.4) is 0 Å². The van der Waals surface area contributed by atoms with E-state index < -0.39 is 0 Å². The summed E-state index contributed by atoms with van der Waals surface area (Å²) >= 11 is 0. The number of likely N-dealkylation sites (tertiary alicyclic amines) is 1. The molecule has 2 aliphatic carbocycles. The Morgan fingerprint density at radius 2 is 1.83 bits per heavy atom. The van der Waals surface area contributed by atoms with Crippen molar-refractivity contribution in [1.29, 1.82) is 0 Å². The van der Waals surface area contributed by atoms with Gasteiger partial charge in [-0.05, 0) is 38.0 Å². The van der Waals surface area contributed by atoms with Crippen LogP contribution in [0.4, 0.5) is 0 Å². The van der Waals surface area contributed by atoms with Gasteiger partial charge in [0.15, 0.2) is 5.96 Å². The first-order chi connectivity index (χ1) is 11.3. The van der Waals surface area contributed by atoms with Gasteiger partial charge in [0.25, 0.3) is 0 Å². The summed E-state index contributed by atoms with van der Waals surface area (Å²) in [5.74, 6) is 2.73. The predicted molar refractivity (Wildman–Crippen MR) is 109 cm³/mol. The minimum absolute atomic E-state index is 0. The number of aliphatic imine (C=N–C) groups is 1. The van der Waals surface area contributed by atoms with Crippen molar-refractivity contribution < 1.29 is 4.79 Å². The second kappa shape index (κ2) is 9.82. The molecule has 0 aromatic carbocycles. The summed E-state index contributed by atoms with van der Waals surface area (Å²) in [4.78, 5) is 18.6. The zero-order valence-electron chi connectivity index (χ0n) is 14.9. The van der Waals surface area contributed by atoms with Gasteiger partial charge in [0.2, 0.25) is 5.91 Å². The highest BCUT2D eigenvalue weighted by Gasteiger charge is 2.43. The average molecular weight is 448 g/mol. The molecule has 3 fully saturated rings. The lowest BCUT2D eigenvalue weighted by Crippen LogP contribution is -2.40. The molecule has 0 bridgehead atoms. The van der Waals surface area contributed by atoms with E-state index in [0.717, 1.165) is 50.3 Å². The number of hydrogen-bond donors (Lipinski definition) is 2. The third kappa shape index (κ3) is 5.49. The fourth-order valence-electron chi connectivity index (χ4n) is 4.17. The van der Waals surface area contributed by atoms with Crippen LogP contribution in [0.25, 0.3) is 0 Å². The van der Waals surface area contributed by atoms with E-state index in [1.165, 1.54) is 38.5 Å². The van der Waals surface area contributed by atoms with Gasteiger partial charge in [0, 0.05) is 25.7 Å². The lowest BCUT2D eigenvalue weighted by Gasteiger charge is -2.22.